The van der Waals surface area contributed by atoms with Crippen molar-refractivity contribution in [1.82, 2.24) is 9.80 Å². The van der Waals surface area contributed by atoms with E-state index >= 15 is 0 Å². The molecule has 1 aromatic rings. The fraction of sp³-hybridized carbons (Fsp3) is 0.688. The molecule has 0 spiro atoms. The van der Waals surface area contributed by atoms with E-state index in [1.54, 1.807) is 0 Å². The summed E-state index contributed by atoms with van der Waals surface area (Å²) in [5.74, 6) is 1.52. The normalized spacial score (nSPS) is 26.7. The molecule has 2 aliphatic rings. The molecule has 3 heterocycles. The molecule has 21 heavy (non-hydrogen) atoms. The van der Waals surface area contributed by atoms with Gasteiger partial charge in [-0.3, -0.25) is 9.69 Å². The zero-order valence-corrected chi connectivity index (χ0v) is 14.5. The van der Waals surface area contributed by atoms with Crippen molar-refractivity contribution in [1.29, 1.82) is 0 Å². The Hall–Kier alpha value is -0.520. The molecule has 0 saturated carbocycles. The minimum atomic E-state index is 0.324. The molecule has 1 aromatic heterocycles. The summed E-state index contributed by atoms with van der Waals surface area (Å²) in [5, 5.41) is 2.82. The Morgan fingerprint density at radius 3 is 3.10 bits per heavy atom. The average Bonchev–Trinajstić information content (AvgIpc) is 2.96. The molecule has 2 aliphatic heterocycles. The summed E-state index contributed by atoms with van der Waals surface area (Å²) in [6, 6.07) is 2.76. The molecule has 0 N–H and O–H groups in total. The van der Waals surface area contributed by atoms with E-state index in [4.69, 9.17) is 0 Å². The maximum Gasteiger partial charge on any atom is 0.224 e. The Balaban J connectivity index is 1.51. The van der Waals surface area contributed by atoms with Gasteiger partial charge in [-0.2, -0.15) is 11.8 Å². The third kappa shape index (κ3) is 3.46. The standard InChI is InChI=1S/C16H24N2OS2/c1-12-13(2)20-10-8-17(12)7-4-16(19)18-6-3-15-14(11-18)5-9-21-15/h5,9,12-13H,3-4,6-8,10-11H2,1-2H3/t12-,13-/m1/s1. The van der Waals surface area contributed by atoms with E-state index in [1.807, 2.05) is 28.0 Å². The molecule has 0 bridgehead atoms. The smallest absolute Gasteiger partial charge is 0.224 e. The second-order valence-electron chi connectivity index (χ2n) is 6.04. The van der Waals surface area contributed by atoms with Crippen LogP contribution in [0.25, 0.3) is 0 Å². The summed E-state index contributed by atoms with van der Waals surface area (Å²) in [5.41, 5.74) is 1.36. The number of hydrogen-bond donors (Lipinski definition) is 0. The molecule has 116 valence electrons. The van der Waals surface area contributed by atoms with Crippen molar-refractivity contribution in [3.05, 3.63) is 21.9 Å². The number of thioether (sulfide) groups is 1. The second-order valence-corrected chi connectivity index (χ2v) is 8.52. The predicted molar refractivity (Wildman–Crippen MR) is 91.0 cm³/mol. The number of thiophene rings is 1. The maximum absolute atomic E-state index is 12.5. The lowest BCUT2D eigenvalue weighted by Gasteiger charge is -2.37. The number of hydrogen-bond acceptors (Lipinski definition) is 4. The number of amides is 1. The minimum absolute atomic E-state index is 0.324. The Bertz CT molecular complexity index is 502. The van der Waals surface area contributed by atoms with Gasteiger partial charge < -0.3 is 4.90 Å². The number of nitrogens with zero attached hydrogens (tertiary/aromatic N) is 2. The van der Waals surface area contributed by atoms with Gasteiger partial charge in [-0.25, -0.2) is 0 Å². The molecule has 3 nitrogen and oxygen atoms in total. The Kier molecular flexibility index (Phi) is 4.92. The third-order valence-electron chi connectivity index (χ3n) is 4.79. The summed E-state index contributed by atoms with van der Waals surface area (Å²) in [4.78, 5) is 18.5. The molecule has 5 heteroatoms. The second kappa shape index (κ2) is 6.71. The van der Waals surface area contributed by atoms with Gasteiger partial charge >= 0.3 is 0 Å². The van der Waals surface area contributed by atoms with E-state index in [9.17, 15) is 4.79 Å². The molecular weight excluding hydrogens is 300 g/mol. The fourth-order valence-corrected chi connectivity index (χ4v) is 5.22. The van der Waals surface area contributed by atoms with Crippen LogP contribution in [0.15, 0.2) is 11.4 Å². The predicted octanol–water partition coefficient (Wildman–Crippen LogP) is 2.85. The molecule has 2 atom stereocenters. The zero-order chi connectivity index (χ0) is 14.8. The van der Waals surface area contributed by atoms with Gasteiger partial charge in [0.15, 0.2) is 0 Å². The monoisotopic (exact) mass is 324 g/mol. The van der Waals surface area contributed by atoms with Crippen LogP contribution in [-0.4, -0.2) is 52.4 Å². The van der Waals surface area contributed by atoms with Gasteiger partial charge in [-0.1, -0.05) is 6.92 Å². The molecule has 0 aliphatic carbocycles. The SMILES string of the molecule is C[C@@H]1[C@@H](C)SCCN1CCC(=O)N1CCc2sccc2C1. The van der Waals surface area contributed by atoms with Crippen LogP contribution in [0.5, 0.6) is 0 Å². The van der Waals surface area contributed by atoms with Crippen molar-refractivity contribution in [3.63, 3.8) is 0 Å². The highest BCUT2D eigenvalue weighted by Crippen LogP contribution is 2.26. The van der Waals surface area contributed by atoms with E-state index in [2.05, 4.69) is 30.2 Å². The van der Waals surface area contributed by atoms with Gasteiger partial charge in [0.05, 0.1) is 0 Å². The molecular formula is C16H24N2OS2. The van der Waals surface area contributed by atoms with Gasteiger partial charge in [0, 0.05) is 54.5 Å². The van der Waals surface area contributed by atoms with Gasteiger partial charge in [-0.05, 0) is 30.4 Å². The summed E-state index contributed by atoms with van der Waals surface area (Å²) in [6.07, 6.45) is 1.70. The number of carbonyl (C=O) groups excluding carboxylic acids is 1. The van der Waals surface area contributed by atoms with Crippen LogP contribution >= 0.6 is 23.1 Å². The first-order valence-electron chi connectivity index (χ1n) is 7.84. The summed E-state index contributed by atoms with van der Waals surface area (Å²) in [6.45, 7) is 8.34. The van der Waals surface area contributed by atoms with Gasteiger partial charge in [0.1, 0.15) is 0 Å². The van der Waals surface area contributed by atoms with E-state index < -0.39 is 0 Å². The van der Waals surface area contributed by atoms with Crippen LogP contribution in [0.3, 0.4) is 0 Å². The van der Waals surface area contributed by atoms with Crippen molar-refractivity contribution < 1.29 is 4.79 Å². The van der Waals surface area contributed by atoms with Crippen LogP contribution in [0.2, 0.25) is 0 Å². The van der Waals surface area contributed by atoms with Crippen molar-refractivity contribution >= 4 is 29.0 Å². The van der Waals surface area contributed by atoms with Gasteiger partial charge in [-0.15, -0.1) is 11.3 Å². The largest absolute Gasteiger partial charge is 0.338 e. The topological polar surface area (TPSA) is 23.6 Å². The lowest BCUT2D eigenvalue weighted by atomic mass is 10.1. The van der Waals surface area contributed by atoms with Gasteiger partial charge in [0.2, 0.25) is 5.91 Å². The quantitative estimate of drug-likeness (QED) is 0.854. The molecule has 0 unspecified atom stereocenters. The first-order chi connectivity index (χ1) is 10.1. The van der Waals surface area contributed by atoms with Crippen molar-refractivity contribution in [2.75, 3.05) is 25.4 Å². The average molecular weight is 325 g/mol. The molecule has 1 saturated heterocycles. The van der Waals surface area contributed by atoms with E-state index in [0.29, 0.717) is 23.6 Å². The lowest BCUT2D eigenvalue weighted by Crippen LogP contribution is -2.46. The molecule has 1 amide bonds. The first-order valence-corrected chi connectivity index (χ1v) is 9.76. The number of fused-ring (bicyclic) bond motifs is 1. The summed E-state index contributed by atoms with van der Waals surface area (Å²) < 4.78 is 0. The highest BCUT2D eigenvalue weighted by molar-refractivity contribution is 8.00. The maximum atomic E-state index is 12.5. The number of carbonyl (C=O) groups is 1. The highest BCUT2D eigenvalue weighted by atomic mass is 32.2. The Labute approximate surface area is 135 Å². The lowest BCUT2D eigenvalue weighted by molar-refractivity contribution is -0.132. The van der Waals surface area contributed by atoms with Crippen LogP contribution in [0.1, 0.15) is 30.7 Å². The van der Waals surface area contributed by atoms with Crippen molar-refractivity contribution in [2.24, 2.45) is 0 Å². The third-order valence-corrected chi connectivity index (χ3v) is 7.15. The zero-order valence-electron chi connectivity index (χ0n) is 12.9. The summed E-state index contributed by atoms with van der Waals surface area (Å²) >= 11 is 3.88. The molecule has 3 rings (SSSR count). The Morgan fingerprint density at radius 2 is 2.24 bits per heavy atom. The van der Waals surface area contributed by atoms with Crippen LogP contribution in [0.4, 0.5) is 0 Å². The van der Waals surface area contributed by atoms with Crippen molar-refractivity contribution in [2.45, 2.75) is 44.5 Å². The van der Waals surface area contributed by atoms with Crippen LogP contribution in [0, 0.1) is 0 Å². The van der Waals surface area contributed by atoms with Crippen molar-refractivity contribution in [3.8, 4) is 0 Å². The van der Waals surface area contributed by atoms with E-state index in [0.717, 1.165) is 32.6 Å². The molecule has 0 aromatic carbocycles. The fourth-order valence-electron chi connectivity index (χ4n) is 3.17. The van der Waals surface area contributed by atoms with E-state index in [1.165, 1.54) is 16.2 Å². The number of rotatable bonds is 3. The molecule has 1 fully saturated rings. The summed E-state index contributed by atoms with van der Waals surface area (Å²) in [7, 11) is 0. The van der Waals surface area contributed by atoms with Crippen LogP contribution in [-0.2, 0) is 17.8 Å². The minimum Gasteiger partial charge on any atom is -0.338 e. The van der Waals surface area contributed by atoms with E-state index in [-0.39, 0.29) is 0 Å². The highest BCUT2D eigenvalue weighted by Gasteiger charge is 2.27. The molecule has 0 radical (unpaired) electrons. The van der Waals surface area contributed by atoms with Crippen LogP contribution < -0.4 is 0 Å². The van der Waals surface area contributed by atoms with Gasteiger partial charge in [0.25, 0.3) is 0 Å². The Morgan fingerprint density at radius 1 is 1.38 bits per heavy atom. The first kappa shape index (κ1) is 15.4.